The zero-order chi connectivity index (χ0) is 11.3. The topological polar surface area (TPSA) is 46.3 Å². The van der Waals surface area contributed by atoms with Crippen molar-refractivity contribution >= 4 is 18.3 Å². The maximum atomic E-state index is 12.1. The Kier molecular flexibility index (Phi) is 7.77. The van der Waals surface area contributed by atoms with Gasteiger partial charge < -0.3 is 10.6 Å². The van der Waals surface area contributed by atoms with Crippen molar-refractivity contribution in [3.8, 4) is 0 Å². The van der Waals surface area contributed by atoms with Crippen LogP contribution in [0.5, 0.6) is 0 Å². The largest absolute Gasteiger partial charge is 0.343 e. The van der Waals surface area contributed by atoms with Crippen LogP contribution in [-0.4, -0.2) is 29.9 Å². The van der Waals surface area contributed by atoms with Crippen molar-refractivity contribution in [3.63, 3.8) is 0 Å². The molecule has 16 heavy (non-hydrogen) atoms. The summed E-state index contributed by atoms with van der Waals surface area (Å²) < 4.78 is 0. The molecule has 1 aliphatic rings. The molecule has 0 aromatic carbocycles. The quantitative estimate of drug-likeness (QED) is 0.811. The summed E-state index contributed by atoms with van der Waals surface area (Å²) >= 11 is 0. The van der Waals surface area contributed by atoms with E-state index in [0.717, 1.165) is 45.2 Å². The summed E-state index contributed by atoms with van der Waals surface area (Å²) in [7, 11) is 0. The lowest BCUT2D eigenvalue weighted by Gasteiger charge is -2.24. The first-order valence-electron chi connectivity index (χ1n) is 6.23. The average Bonchev–Trinajstić information content (AvgIpc) is 2.65. The summed E-state index contributed by atoms with van der Waals surface area (Å²) in [5, 5.41) is 0. The van der Waals surface area contributed by atoms with Gasteiger partial charge in [-0.1, -0.05) is 13.3 Å². The molecule has 2 N–H and O–H groups in total. The van der Waals surface area contributed by atoms with E-state index < -0.39 is 0 Å². The zero-order valence-electron chi connectivity index (χ0n) is 10.4. The summed E-state index contributed by atoms with van der Waals surface area (Å²) in [5.41, 5.74) is 5.83. The fourth-order valence-corrected chi connectivity index (χ4v) is 2.27. The predicted molar refractivity (Wildman–Crippen MR) is 69.7 cm³/mol. The number of carbonyl (C=O) groups excluding carboxylic acids is 1. The smallest absolute Gasteiger partial charge is 0.225 e. The number of hydrogen-bond donors (Lipinski definition) is 1. The Labute approximate surface area is 105 Å². The Bertz CT molecular complexity index is 211. The first-order chi connectivity index (χ1) is 7.19. The van der Waals surface area contributed by atoms with E-state index in [-0.39, 0.29) is 24.4 Å². The van der Waals surface area contributed by atoms with Crippen molar-refractivity contribution in [2.75, 3.05) is 13.1 Å². The van der Waals surface area contributed by atoms with Crippen LogP contribution in [0.4, 0.5) is 0 Å². The molecule has 1 fully saturated rings. The minimum atomic E-state index is 0. The molecule has 2 atom stereocenters. The molecule has 0 heterocycles. The molecule has 1 aliphatic carbocycles. The van der Waals surface area contributed by atoms with Crippen LogP contribution in [-0.2, 0) is 4.79 Å². The molecule has 0 radical (unpaired) electrons. The van der Waals surface area contributed by atoms with E-state index in [1.165, 1.54) is 0 Å². The molecule has 0 saturated heterocycles. The monoisotopic (exact) mass is 248 g/mol. The van der Waals surface area contributed by atoms with E-state index in [0.29, 0.717) is 5.91 Å². The lowest BCUT2D eigenvalue weighted by Crippen LogP contribution is -2.36. The molecule has 0 spiro atoms. The van der Waals surface area contributed by atoms with Crippen LogP contribution >= 0.6 is 12.4 Å². The standard InChI is InChI=1S/C12H24N2O.ClH/c1-3-5-8-14(4-2)12(15)10-6-7-11(13)9-10;/h10-11H,3-9,13H2,1-2H3;1H. The Morgan fingerprint density at radius 3 is 2.50 bits per heavy atom. The molecule has 2 unspecified atom stereocenters. The van der Waals surface area contributed by atoms with Gasteiger partial charge in [0.1, 0.15) is 0 Å². The number of amides is 1. The van der Waals surface area contributed by atoms with Crippen LogP contribution in [0, 0.1) is 5.92 Å². The van der Waals surface area contributed by atoms with Gasteiger partial charge in [0.05, 0.1) is 0 Å². The van der Waals surface area contributed by atoms with Crippen molar-refractivity contribution in [2.24, 2.45) is 11.7 Å². The van der Waals surface area contributed by atoms with E-state index in [2.05, 4.69) is 13.8 Å². The number of carbonyl (C=O) groups is 1. The van der Waals surface area contributed by atoms with Gasteiger partial charge >= 0.3 is 0 Å². The van der Waals surface area contributed by atoms with Gasteiger partial charge in [-0.2, -0.15) is 0 Å². The van der Waals surface area contributed by atoms with Gasteiger partial charge in [0.2, 0.25) is 5.91 Å². The van der Waals surface area contributed by atoms with Crippen LogP contribution in [0.1, 0.15) is 46.0 Å². The molecule has 0 aromatic rings. The van der Waals surface area contributed by atoms with Gasteiger partial charge in [-0.15, -0.1) is 12.4 Å². The number of nitrogens with two attached hydrogens (primary N) is 1. The summed E-state index contributed by atoms with van der Waals surface area (Å²) in [6, 6.07) is 0.254. The highest BCUT2D eigenvalue weighted by atomic mass is 35.5. The molecule has 0 aromatic heterocycles. The van der Waals surface area contributed by atoms with Crippen LogP contribution in [0.3, 0.4) is 0 Å². The van der Waals surface area contributed by atoms with Crippen molar-refractivity contribution in [2.45, 2.75) is 52.0 Å². The number of halogens is 1. The normalized spacial score (nSPS) is 23.9. The number of nitrogens with zero attached hydrogens (tertiary/aromatic N) is 1. The fourth-order valence-electron chi connectivity index (χ4n) is 2.27. The Hall–Kier alpha value is -0.280. The second-order valence-electron chi connectivity index (χ2n) is 4.54. The van der Waals surface area contributed by atoms with Crippen LogP contribution in [0.15, 0.2) is 0 Å². The lowest BCUT2D eigenvalue weighted by molar-refractivity contribution is -0.135. The predicted octanol–water partition coefficient (Wildman–Crippen LogP) is 2.18. The molecule has 3 nitrogen and oxygen atoms in total. The third-order valence-electron chi connectivity index (χ3n) is 3.30. The second-order valence-corrected chi connectivity index (χ2v) is 4.54. The fraction of sp³-hybridized carbons (Fsp3) is 0.917. The Balaban J connectivity index is 0.00000225. The van der Waals surface area contributed by atoms with Crippen molar-refractivity contribution in [1.82, 2.24) is 4.90 Å². The number of hydrogen-bond acceptors (Lipinski definition) is 2. The number of unbranched alkanes of at least 4 members (excludes halogenated alkanes) is 1. The molecule has 1 saturated carbocycles. The molecular formula is C12H25ClN2O. The van der Waals surface area contributed by atoms with Gasteiger partial charge in [-0.05, 0) is 32.6 Å². The maximum absolute atomic E-state index is 12.1. The van der Waals surface area contributed by atoms with Crippen LogP contribution in [0.2, 0.25) is 0 Å². The van der Waals surface area contributed by atoms with Crippen molar-refractivity contribution < 1.29 is 4.79 Å². The van der Waals surface area contributed by atoms with E-state index in [1.807, 2.05) is 4.90 Å². The van der Waals surface area contributed by atoms with Gasteiger partial charge in [0, 0.05) is 25.0 Å². The highest BCUT2D eigenvalue weighted by Gasteiger charge is 2.30. The summed E-state index contributed by atoms with van der Waals surface area (Å²) in [6.07, 6.45) is 5.15. The molecule has 96 valence electrons. The van der Waals surface area contributed by atoms with Crippen molar-refractivity contribution in [3.05, 3.63) is 0 Å². The van der Waals surface area contributed by atoms with E-state index >= 15 is 0 Å². The highest BCUT2D eigenvalue weighted by molar-refractivity contribution is 5.85. The van der Waals surface area contributed by atoms with Crippen LogP contribution < -0.4 is 5.73 Å². The van der Waals surface area contributed by atoms with E-state index in [4.69, 9.17) is 5.73 Å². The van der Waals surface area contributed by atoms with Gasteiger partial charge in [-0.25, -0.2) is 0 Å². The maximum Gasteiger partial charge on any atom is 0.225 e. The van der Waals surface area contributed by atoms with Crippen LogP contribution in [0.25, 0.3) is 0 Å². The third kappa shape index (κ3) is 4.30. The minimum absolute atomic E-state index is 0. The average molecular weight is 249 g/mol. The molecule has 1 rings (SSSR count). The minimum Gasteiger partial charge on any atom is -0.343 e. The van der Waals surface area contributed by atoms with Gasteiger partial charge in [0.25, 0.3) is 0 Å². The molecular weight excluding hydrogens is 224 g/mol. The Morgan fingerprint density at radius 2 is 2.06 bits per heavy atom. The zero-order valence-corrected chi connectivity index (χ0v) is 11.3. The SMILES string of the molecule is CCCCN(CC)C(=O)C1CCC(N)C1.Cl. The second kappa shape index (κ2) is 7.91. The van der Waals surface area contributed by atoms with Gasteiger partial charge in [-0.3, -0.25) is 4.79 Å². The lowest BCUT2D eigenvalue weighted by atomic mass is 10.1. The Morgan fingerprint density at radius 1 is 1.38 bits per heavy atom. The summed E-state index contributed by atoms with van der Waals surface area (Å²) in [4.78, 5) is 14.1. The first-order valence-corrected chi connectivity index (χ1v) is 6.23. The summed E-state index contributed by atoms with van der Waals surface area (Å²) in [6.45, 7) is 5.97. The van der Waals surface area contributed by atoms with E-state index in [1.54, 1.807) is 0 Å². The summed E-state index contributed by atoms with van der Waals surface area (Å²) in [5.74, 6) is 0.538. The highest BCUT2D eigenvalue weighted by Crippen LogP contribution is 2.26. The number of rotatable bonds is 5. The molecule has 0 aliphatic heterocycles. The molecule has 4 heteroatoms. The third-order valence-corrected chi connectivity index (χ3v) is 3.30. The first kappa shape index (κ1) is 15.7. The van der Waals surface area contributed by atoms with Crippen molar-refractivity contribution in [1.29, 1.82) is 0 Å². The van der Waals surface area contributed by atoms with E-state index in [9.17, 15) is 4.79 Å². The van der Waals surface area contributed by atoms with Gasteiger partial charge in [0.15, 0.2) is 0 Å². The molecule has 0 bridgehead atoms. The molecule has 1 amide bonds.